The molecule has 0 saturated carbocycles. The standard InChI is InChI=1S/C29H27BrN2O7/c1-32-11-10-19-20(26(37-4)28-27(24(19)30)38-15-39-28)14-21(32)25(33)16-6-5-7-18(12-16)31-29(34)17-8-9-22(35-2)23(13-17)36-3/h5-9,12-14H,10-11,15H2,1-4H3,(H,31,34). The Morgan fingerprint density at radius 2 is 1.72 bits per heavy atom. The molecule has 1 amide bonds. The Morgan fingerprint density at radius 3 is 2.46 bits per heavy atom. The number of hydrogen-bond donors (Lipinski definition) is 1. The van der Waals surface area contributed by atoms with Gasteiger partial charge in [-0.1, -0.05) is 12.1 Å². The lowest BCUT2D eigenvalue weighted by Gasteiger charge is -2.20. The highest BCUT2D eigenvalue weighted by atomic mass is 79.9. The predicted molar refractivity (Wildman–Crippen MR) is 149 cm³/mol. The van der Waals surface area contributed by atoms with E-state index < -0.39 is 0 Å². The number of rotatable bonds is 7. The molecule has 0 atom stereocenters. The zero-order valence-electron chi connectivity index (χ0n) is 21.9. The molecule has 1 N–H and O–H groups in total. The zero-order valence-corrected chi connectivity index (χ0v) is 23.5. The molecule has 39 heavy (non-hydrogen) atoms. The van der Waals surface area contributed by atoms with Crippen LogP contribution in [0.5, 0.6) is 28.7 Å². The molecule has 10 heteroatoms. The van der Waals surface area contributed by atoms with Crippen LogP contribution in [0.15, 0.2) is 52.6 Å². The van der Waals surface area contributed by atoms with Gasteiger partial charge in [0.1, 0.15) is 0 Å². The van der Waals surface area contributed by atoms with E-state index in [0.717, 1.165) is 15.6 Å². The highest BCUT2D eigenvalue weighted by molar-refractivity contribution is 9.10. The Labute approximate surface area is 234 Å². The molecule has 0 aromatic heterocycles. The highest BCUT2D eigenvalue weighted by Gasteiger charge is 2.31. The number of fused-ring (bicyclic) bond motifs is 2. The van der Waals surface area contributed by atoms with E-state index in [0.29, 0.717) is 64.2 Å². The number of allylic oxidation sites excluding steroid dienone is 1. The first kappa shape index (κ1) is 26.4. The molecule has 0 fully saturated rings. The number of Topliss-reactive ketones (excluding diaryl/α,β-unsaturated/α-hetero) is 1. The van der Waals surface area contributed by atoms with Gasteiger partial charge in [0.05, 0.1) is 31.5 Å². The van der Waals surface area contributed by atoms with E-state index in [1.807, 2.05) is 18.0 Å². The van der Waals surface area contributed by atoms with Gasteiger partial charge in [0, 0.05) is 36.0 Å². The summed E-state index contributed by atoms with van der Waals surface area (Å²) in [7, 11) is 6.48. The van der Waals surface area contributed by atoms with Crippen LogP contribution in [0.4, 0.5) is 5.69 Å². The van der Waals surface area contributed by atoms with Crippen molar-refractivity contribution in [1.29, 1.82) is 0 Å². The van der Waals surface area contributed by atoms with Gasteiger partial charge < -0.3 is 33.9 Å². The van der Waals surface area contributed by atoms with Gasteiger partial charge in [-0.2, -0.15) is 0 Å². The maximum atomic E-state index is 13.8. The van der Waals surface area contributed by atoms with Crippen LogP contribution in [-0.4, -0.2) is 58.3 Å². The van der Waals surface area contributed by atoms with Crippen LogP contribution in [0.1, 0.15) is 31.8 Å². The topological polar surface area (TPSA) is 95.6 Å². The molecule has 0 saturated heterocycles. The molecule has 0 radical (unpaired) electrons. The molecule has 2 heterocycles. The Morgan fingerprint density at radius 1 is 0.949 bits per heavy atom. The summed E-state index contributed by atoms with van der Waals surface area (Å²) in [6, 6.07) is 11.8. The van der Waals surface area contributed by atoms with E-state index in [1.165, 1.54) is 14.2 Å². The van der Waals surface area contributed by atoms with Gasteiger partial charge in [-0.3, -0.25) is 9.59 Å². The first-order valence-corrected chi connectivity index (χ1v) is 12.9. The van der Waals surface area contributed by atoms with Crippen LogP contribution in [0.25, 0.3) is 6.08 Å². The van der Waals surface area contributed by atoms with Crippen molar-refractivity contribution in [1.82, 2.24) is 4.90 Å². The normalized spacial score (nSPS) is 13.7. The summed E-state index contributed by atoms with van der Waals surface area (Å²) in [5, 5.41) is 2.86. The Bertz CT molecular complexity index is 1500. The minimum atomic E-state index is -0.342. The summed E-state index contributed by atoms with van der Waals surface area (Å²) in [6.07, 6.45) is 2.49. The van der Waals surface area contributed by atoms with Crippen molar-refractivity contribution in [3.05, 3.63) is 74.9 Å². The number of hydrogen-bond acceptors (Lipinski definition) is 8. The summed E-state index contributed by atoms with van der Waals surface area (Å²) in [5.74, 6) is 2.08. The van der Waals surface area contributed by atoms with Crippen molar-refractivity contribution in [2.75, 3.05) is 47.0 Å². The largest absolute Gasteiger partial charge is 0.493 e. The molecular formula is C29H27BrN2O7. The number of ether oxygens (including phenoxy) is 5. The molecule has 3 aromatic carbocycles. The van der Waals surface area contributed by atoms with E-state index in [2.05, 4.69) is 21.2 Å². The lowest BCUT2D eigenvalue weighted by atomic mass is 10.0. The number of nitrogens with one attached hydrogen (secondary N) is 1. The van der Waals surface area contributed by atoms with Crippen LogP contribution in [0.2, 0.25) is 0 Å². The van der Waals surface area contributed by atoms with Crippen LogP contribution < -0.4 is 29.0 Å². The third-order valence-electron chi connectivity index (χ3n) is 6.71. The van der Waals surface area contributed by atoms with Gasteiger partial charge in [0.2, 0.25) is 18.3 Å². The Balaban J connectivity index is 1.46. The fraction of sp³-hybridized carbons (Fsp3) is 0.241. The van der Waals surface area contributed by atoms with Crippen molar-refractivity contribution in [2.24, 2.45) is 0 Å². The SMILES string of the molecule is COc1ccc(C(=O)Nc2cccc(C(=O)C3=Cc4c(c(Br)c5c(c4OC)OCO5)CCN3C)c2)cc1OC. The second-order valence-corrected chi connectivity index (χ2v) is 9.73. The molecule has 0 bridgehead atoms. The Kier molecular flexibility index (Phi) is 7.38. The monoisotopic (exact) mass is 594 g/mol. The second kappa shape index (κ2) is 10.9. The number of nitrogens with zero attached hydrogens (tertiary/aromatic N) is 1. The minimum absolute atomic E-state index is 0.102. The number of carbonyl (C=O) groups excluding carboxylic acids is 2. The quantitative estimate of drug-likeness (QED) is 0.374. The summed E-state index contributed by atoms with van der Waals surface area (Å²) < 4.78 is 28.4. The summed E-state index contributed by atoms with van der Waals surface area (Å²) in [5.41, 5.74) is 3.53. The van der Waals surface area contributed by atoms with E-state index >= 15 is 0 Å². The van der Waals surface area contributed by atoms with Gasteiger partial charge in [-0.15, -0.1) is 0 Å². The Hall–Kier alpha value is -4.18. The molecule has 5 rings (SSSR count). The van der Waals surface area contributed by atoms with Crippen LogP contribution in [0, 0.1) is 0 Å². The number of benzene rings is 3. The van der Waals surface area contributed by atoms with Crippen LogP contribution >= 0.6 is 15.9 Å². The van der Waals surface area contributed by atoms with Crippen LogP contribution in [-0.2, 0) is 6.42 Å². The second-order valence-electron chi connectivity index (χ2n) is 8.94. The van der Waals surface area contributed by atoms with Gasteiger partial charge in [0.15, 0.2) is 23.0 Å². The number of carbonyl (C=O) groups is 2. The first-order chi connectivity index (χ1) is 18.9. The number of methoxy groups -OCH3 is 3. The van der Waals surface area contributed by atoms with E-state index in [1.54, 1.807) is 49.6 Å². The molecule has 0 unspecified atom stereocenters. The number of ketones is 1. The summed E-state index contributed by atoms with van der Waals surface area (Å²) in [6.45, 7) is 0.701. The van der Waals surface area contributed by atoms with E-state index in [4.69, 9.17) is 23.7 Å². The highest BCUT2D eigenvalue weighted by Crippen LogP contribution is 2.51. The first-order valence-electron chi connectivity index (χ1n) is 12.1. The zero-order chi connectivity index (χ0) is 27.7. The van der Waals surface area contributed by atoms with Gasteiger partial charge in [-0.05, 0) is 64.3 Å². The molecule has 3 aromatic rings. The van der Waals surface area contributed by atoms with Crippen LogP contribution in [0.3, 0.4) is 0 Å². The van der Waals surface area contributed by atoms with Crippen molar-refractivity contribution in [3.63, 3.8) is 0 Å². The van der Waals surface area contributed by atoms with E-state index in [9.17, 15) is 9.59 Å². The number of likely N-dealkylation sites (N-methyl/N-ethyl adjacent to an activating group) is 1. The van der Waals surface area contributed by atoms with Gasteiger partial charge in [-0.25, -0.2) is 0 Å². The molecule has 202 valence electrons. The minimum Gasteiger partial charge on any atom is -0.493 e. The third-order valence-corrected chi connectivity index (χ3v) is 7.55. The average Bonchev–Trinajstić information content (AvgIpc) is 3.38. The van der Waals surface area contributed by atoms with Gasteiger partial charge >= 0.3 is 0 Å². The summed E-state index contributed by atoms with van der Waals surface area (Å²) >= 11 is 3.66. The average molecular weight is 595 g/mol. The molecular weight excluding hydrogens is 568 g/mol. The molecule has 9 nitrogen and oxygen atoms in total. The number of anilines is 1. The molecule has 0 spiro atoms. The number of halogens is 1. The maximum Gasteiger partial charge on any atom is 0.255 e. The fourth-order valence-electron chi connectivity index (χ4n) is 4.68. The molecule has 0 aliphatic carbocycles. The lowest BCUT2D eigenvalue weighted by molar-refractivity contribution is 0.0997. The predicted octanol–water partition coefficient (Wildman–Crippen LogP) is 5.17. The molecule has 2 aliphatic heterocycles. The smallest absolute Gasteiger partial charge is 0.255 e. The number of amides is 1. The third kappa shape index (κ3) is 4.87. The van der Waals surface area contributed by atoms with Crippen molar-refractivity contribution in [3.8, 4) is 28.7 Å². The van der Waals surface area contributed by atoms with Crippen molar-refractivity contribution in [2.45, 2.75) is 6.42 Å². The molecule has 2 aliphatic rings. The van der Waals surface area contributed by atoms with Crippen molar-refractivity contribution < 1.29 is 33.3 Å². The van der Waals surface area contributed by atoms with E-state index in [-0.39, 0.29) is 18.5 Å². The fourth-order valence-corrected chi connectivity index (χ4v) is 5.38. The maximum absolute atomic E-state index is 13.8. The van der Waals surface area contributed by atoms with Gasteiger partial charge in [0.25, 0.3) is 5.91 Å². The lowest BCUT2D eigenvalue weighted by Crippen LogP contribution is -2.24. The van der Waals surface area contributed by atoms with Crippen molar-refractivity contribution >= 4 is 39.4 Å². The summed E-state index contributed by atoms with van der Waals surface area (Å²) in [4.78, 5) is 28.6.